The van der Waals surface area contributed by atoms with Crippen LogP contribution < -0.4 is 10.5 Å². The quantitative estimate of drug-likeness (QED) is 0.295. The maximum Gasteiger partial charge on any atom is 0.238 e. The van der Waals surface area contributed by atoms with Crippen LogP contribution in [0.15, 0.2) is 64.5 Å². The van der Waals surface area contributed by atoms with E-state index in [0.29, 0.717) is 19.1 Å². The molecule has 1 fully saturated rings. The van der Waals surface area contributed by atoms with Crippen LogP contribution in [0, 0.1) is 5.92 Å². The fraction of sp³-hybridized carbons (Fsp3) is 0.409. The highest BCUT2D eigenvalue weighted by molar-refractivity contribution is 14.0. The number of hydrogen-bond acceptors (Lipinski definition) is 4. The standard InChI is InChI=1S/C22H30N4O3S.HI/c1-24-22(25-13-11-18-7-9-21(10-8-18)30(23,27)28)26-14-12-20(15-26)17-29-16-19-5-3-2-4-6-19;/h2-10,20H,11-17H2,1H3,(H,24,25)(H2,23,27,28);1H. The lowest BCUT2D eigenvalue weighted by Crippen LogP contribution is -2.41. The van der Waals surface area contributed by atoms with Gasteiger partial charge in [0.25, 0.3) is 0 Å². The Hall–Kier alpha value is -1.69. The molecule has 1 heterocycles. The number of guanidine groups is 1. The predicted octanol–water partition coefficient (Wildman–Crippen LogP) is 2.61. The number of primary sulfonamides is 1. The molecule has 0 bridgehead atoms. The first-order valence-electron chi connectivity index (χ1n) is 10.1. The molecule has 0 aliphatic carbocycles. The van der Waals surface area contributed by atoms with E-state index >= 15 is 0 Å². The van der Waals surface area contributed by atoms with E-state index < -0.39 is 10.0 Å². The maximum atomic E-state index is 11.3. The summed E-state index contributed by atoms with van der Waals surface area (Å²) in [5.74, 6) is 1.39. The second-order valence-electron chi connectivity index (χ2n) is 7.51. The topological polar surface area (TPSA) is 97.0 Å². The third kappa shape index (κ3) is 8.06. The Labute approximate surface area is 202 Å². The van der Waals surface area contributed by atoms with Crippen molar-refractivity contribution in [2.45, 2.75) is 24.3 Å². The normalized spacial score (nSPS) is 16.8. The van der Waals surface area contributed by atoms with Crippen LogP contribution in [-0.2, 0) is 27.8 Å². The average Bonchev–Trinajstić information content (AvgIpc) is 3.20. The molecule has 9 heteroatoms. The molecule has 1 unspecified atom stereocenters. The molecular formula is C22H31IN4O3S. The Balaban J connectivity index is 0.00000341. The highest BCUT2D eigenvalue weighted by Gasteiger charge is 2.24. The summed E-state index contributed by atoms with van der Waals surface area (Å²) in [6.07, 6.45) is 1.85. The van der Waals surface area contributed by atoms with Crippen molar-refractivity contribution in [2.24, 2.45) is 16.0 Å². The van der Waals surface area contributed by atoms with Crippen molar-refractivity contribution in [2.75, 3.05) is 33.3 Å². The number of ether oxygens (including phenoxy) is 1. The van der Waals surface area contributed by atoms with Crippen LogP contribution in [0.3, 0.4) is 0 Å². The number of hydrogen-bond donors (Lipinski definition) is 2. The smallest absolute Gasteiger partial charge is 0.238 e. The van der Waals surface area contributed by atoms with Crippen LogP contribution in [0.25, 0.3) is 0 Å². The summed E-state index contributed by atoms with van der Waals surface area (Å²) in [4.78, 5) is 6.80. The third-order valence-electron chi connectivity index (χ3n) is 5.21. The molecule has 0 radical (unpaired) electrons. The van der Waals surface area contributed by atoms with Gasteiger partial charge < -0.3 is 15.0 Å². The molecule has 3 N–H and O–H groups in total. The van der Waals surface area contributed by atoms with E-state index in [9.17, 15) is 8.42 Å². The average molecular weight is 558 g/mol. The van der Waals surface area contributed by atoms with Crippen molar-refractivity contribution in [3.8, 4) is 0 Å². The molecule has 1 aliphatic rings. The lowest BCUT2D eigenvalue weighted by atomic mass is 10.1. The Morgan fingerprint density at radius 2 is 1.87 bits per heavy atom. The minimum Gasteiger partial charge on any atom is -0.376 e. The summed E-state index contributed by atoms with van der Waals surface area (Å²) in [6.45, 7) is 4.00. The zero-order chi connectivity index (χ0) is 21.4. The van der Waals surface area contributed by atoms with E-state index in [0.717, 1.165) is 44.1 Å². The van der Waals surface area contributed by atoms with Crippen LogP contribution in [0.2, 0.25) is 0 Å². The number of halogens is 1. The van der Waals surface area contributed by atoms with Crippen LogP contribution in [-0.4, -0.2) is 52.6 Å². The van der Waals surface area contributed by atoms with E-state index in [1.54, 1.807) is 31.3 Å². The molecule has 0 aromatic heterocycles. The summed E-state index contributed by atoms with van der Waals surface area (Å²) in [5.41, 5.74) is 2.24. The Morgan fingerprint density at radius 3 is 2.52 bits per heavy atom. The van der Waals surface area contributed by atoms with Gasteiger partial charge in [0.1, 0.15) is 0 Å². The summed E-state index contributed by atoms with van der Waals surface area (Å²) in [6, 6.07) is 16.9. The Morgan fingerprint density at radius 1 is 1.16 bits per heavy atom. The van der Waals surface area contributed by atoms with Crippen LogP contribution in [0.4, 0.5) is 0 Å². The van der Waals surface area contributed by atoms with E-state index in [1.165, 1.54) is 5.56 Å². The first-order valence-corrected chi connectivity index (χ1v) is 11.7. The minimum atomic E-state index is -3.65. The van der Waals surface area contributed by atoms with Crippen molar-refractivity contribution < 1.29 is 13.2 Å². The van der Waals surface area contributed by atoms with E-state index in [2.05, 4.69) is 27.3 Å². The monoisotopic (exact) mass is 558 g/mol. The number of aliphatic imine (C=N–C) groups is 1. The number of nitrogens with one attached hydrogen (secondary N) is 1. The van der Waals surface area contributed by atoms with E-state index in [1.807, 2.05) is 18.2 Å². The first-order chi connectivity index (χ1) is 14.5. The molecule has 3 rings (SSSR count). The van der Waals surface area contributed by atoms with Gasteiger partial charge >= 0.3 is 0 Å². The van der Waals surface area contributed by atoms with E-state index in [-0.39, 0.29) is 28.9 Å². The van der Waals surface area contributed by atoms with Crippen molar-refractivity contribution in [1.29, 1.82) is 0 Å². The zero-order valence-electron chi connectivity index (χ0n) is 17.7. The summed E-state index contributed by atoms with van der Waals surface area (Å²) < 4.78 is 28.6. The Bertz CT molecular complexity index is 937. The fourth-order valence-electron chi connectivity index (χ4n) is 3.58. The first kappa shape index (κ1) is 25.6. The number of nitrogens with two attached hydrogens (primary N) is 1. The Kier molecular flexibility index (Phi) is 10.2. The molecule has 0 spiro atoms. The molecule has 31 heavy (non-hydrogen) atoms. The maximum absolute atomic E-state index is 11.3. The van der Waals surface area contributed by atoms with Gasteiger partial charge in [-0.3, -0.25) is 4.99 Å². The minimum absolute atomic E-state index is 0. The lowest BCUT2D eigenvalue weighted by molar-refractivity contribution is 0.0907. The molecular weight excluding hydrogens is 527 g/mol. The molecule has 2 aromatic rings. The van der Waals surface area contributed by atoms with E-state index in [4.69, 9.17) is 9.88 Å². The predicted molar refractivity (Wildman–Crippen MR) is 134 cm³/mol. The van der Waals surface area contributed by atoms with Crippen LogP contribution in [0.5, 0.6) is 0 Å². The van der Waals surface area contributed by atoms with Crippen molar-refractivity contribution in [3.63, 3.8) is 0 Å². The second-order valence-corrected chi connectivity index (χ2v) is 9.08. The van der Waals surface area contributed by atoms with Gasteiger partial charge in [-0.1, -0.05) is 42.5 Å². The van der Waals surface area contributed by atoms with Crippen LogP contribution in [0.1, 0.15) is 17.5 Å². The number of benzene rings is 2. The van der Waals surface area contributed by atoms with Crippen molar-refractivity contribution in [3.05, 3.63) is 65.7 Å². The van der Waals surface area contributed by atoms with Gasteiger partial charge in [-0.05, 0) is 36.1 Å². The fourth-order valence-corrected chi connectivity index (χ4v) is 4.09. The largest absolute Gasteiger partial charge is 0.376 e. The SMILES string of the molecule is CN=C(NCCc1ccc(S(N)(=O)=O)cc1)N1CCC(COCc2ccccc2)C1.I. The summed E-state index contributed by atoms with van der Waals surface area (Å²) >= 11 is 0. The number of rotatable bonds is 8. The molecule has 2 aromatic carbocycles. The number of nitrogens with zero attached hydrogens (tertiary/aromatic N) is 2. The highest BCUT2D eigenvalue weighted by atomic mass is 127. The molecule has 0 saturated carbocycles. The van der Waals surface area contributed by atoms with Crippen molar-refractivity contribution >= 4 is 40.0 Å². The number of sulfonamides is 1. The van der Waals surface area contributed by atoms with Gasteiger partial charge in [-0.25, -0.2) is 13.6 Å². The molecule has 0 amide bonds. The highest BCUT2D eigenvalue weighted by Crippen LogP contribution is 2.17. The molecule has 1 saturated heterocycles. The second kappa shape index (κ2) is 12.4. The van der Waals surface area contributed by atoms with Crippen LogP contribution >= 0.6 is 24.0 Å². The van der Waals surface area contributed by atoms with Gasteiger partial charge in [0.2, 0.25) is 10.0 Å². The molecule has 1 aliphatic heterocycles. The van der Waals surface area contributed by atoms with Gasteiger partial charge in [-0.2, -0.15) is 0 Å². The van der Waals surface area contributed by atoms with Gasteiger partial charge in [-0.15, -0.1) is 24.0 Å². The summed E-state index contributed by atoms with van der Waals surface area (Å²) in [7, 11) is -1.85. The lowest BCUT2D eigenvalue weighted by Gasteiger charge is -2.21. The molecule has 1 atom stereocenters. The zero-order valence-corrected chi connectivity index (χ0v) is 20.9. The third-order valence-corrected chi connectivity index (χ3v) is 6.14. The van der Waals surface area contributed by atoms with Gasteiger partial charge in [0.15, 0.2) is 5.96 Å². The number of likely N-dealkylation sites (tertiary alicyclic amines) is 1. The summed E-state index contributed by atoms with van der Waals surface area (Å²) in [5, 5.41) is 8.53. The molecule has 7 nitrogen and oxygen atoms in total. The van der Waals surface area contributed by atoms with Gasteiger partial charge in [0, 0.05) is 32.6 Å². The van der Waals surface area contributed by atoms with Crippen molar-refractivity contribution in [1.82, 2.24) is 10.2 Å². The van der Waals surface area contributed by atoms with Gasteiger partial charge in [0.05, 0.1) is 18.1 Å². The molecule has 170 valence electrons.